The summed E-state index contributed by atoms with van der Waals surface area (Å²) >= 11 is 6.41. The maximum atomic E-state index is 11.4. The van der Waals surface area contributed by atoms with Crippen LogP contribution in [-0.2, 0) is 0 Å². The van der Waals surface area contributed by atoms with Crippen molar-refractivity contribution in [3.63, 3.8) is 0 Å². The van der Waals surface area contributed by atoms with Gasteiger partial charge in [-0.2, -0.15) is 0 Å². The Kier molecular flexibility index (Phi) is 4.92. The first-order valence-corrected chi connectivity index (χ1v) is 12.0. The Labute approximate surface area is 180 Å². The Morgan fingerprint density at radius 2 is 1.72 bits per heavy atom. The van der Waals surface area contributed by atoms with Crippen LogP contribution < -0.4 is 0 Å². The highest BCUT2D eigenvalue weighted by molar-refractivity contribution is 6.32. The van der Waals surface area contributed by atoms with Gasteiger partial charge in [-0.15, -0.1) is 0 Å². The molecule has 4 aliphatic carbocycles. The molecule has 0 bridgehead atoms. The third kappa shape index (κ3) is 3.05. The van der Waals surface area contributed by atoms with Crippen molar-refractivity contribution in [3.8, 4) is 0 Å². The van der Waals surface area contributed by atoms with Gasteiger partial charge in [0.05, 0.1) is 12.2 Å². The summed E-state index contributed by atoms with van der Waals surface area (Å²) in [6.45, 7) is 4.86. The van der Waals surface area contributed by atoms with Gasteiger partial charge in [-0.1, -0.05) is 49.7 Å². The van der Waals surface area contributed by atoms with Crippen molar-refractivity contribution in [1.82, 2.24) is 0 Å². The van der Waals surface area contributed by atoms with Gasteiger partial charge in [0, 0.05) is 10.4 Å². The molecule has 4 fully saturated rings. The fourth-order valence-electron chi connectivity index (χ4n) is 8.03. The number of hydrogen-bond donors (Lipinski definition) is 2. The van der Waals surface area contributed by atoms with Crippen LogP contribution in [0.1, 0.15) is 70.8 Å². The van der Waals surface area contributed by atoms with Crippen molar-refractivity contribution >= 4 is 17.7 Å². The zero-order chi connectivity index (χ0) is 20.4. The van der Waals surface area contributed by atoms with E-state index in [1.807, 2.05) is 18.2 Å². The molecule has 0 heterocycles. The maximum Gasteiger partial charge on any atom is 0.0809 e. The molecule has 0 spiro atoms. The Balaban J connectivity index is 1.45. The smallest absolute Gasteiger partial charge is 0.0809 e. The van der Waals surface area contributed by atoms with Crippen molar-refractivity contribution in [3.05, 3.63) is 40.4 Å². The molecule has 1 aromatic carbocycles. The first kappa shape index (κ1) is 20.1. The van der Waals surface area contributed by atoms with Crippen molar-refractivity contribution in [1.29, 1.82) is 0 Å². The number of halogens is 1. The third-order valence-corrected chi connectivity index (χ3v) is 10.1. The summed E-state index contributed by atoms with van der Waals surface area (Å²) < 4.78 is 0. The van der Waals surface area contributed by atoms with E-state index in [1.165, 1.54) is 31.3 Å². The number of aliphatic hydroxyl groups excluding tert-OH is 2. The fourth-order valence-corrected chi connectivity index (χ4v) is 8.22. The number of hydrogen-bond acceptors (Lipinski definition) is 2. The summed E-state index contributed by atoms with van der Waals surface area (Å²) in [6.07, 6.45) is 10.7. The molecule has 0 aromatic heterocycles. The SMILES string of the molecule is C[C@]12CC[C@H](O)C[C@H]1CC[C@@H]1[C@@H]2CC[C@]2(C)[C@@H](O)/C(=C/c3ccccc3Cl)C[C@@H]12. The lowest BCUT2D eigenvalue weighted by molar-refractivity contribution is -0.133. The molecule has 4 saturated carbocycles. The zero-order valence-corrected chi connectivity index (χ0v) is 18.5. The Bertz CT molecular complexity index is 819. The average Bonchev–Trinajstić information content (AvgIpc) is 2.95. The summed E-state index contributed by atoms with van der Waals surface area (Å²) in [5.41, 5.74) is 2.58. The van der Waals surface area contributed by atoms with E-state index in [0.29, 0.717) is 23.2 Å². The predicted molar refractivity (Wildman–Crippen MR) is 119 cm³/mol. The monoisotopic (exact) mass is 414 g/mol. The summed E-state index contributed by atoms with van der Waals surface area (Å²) in [7, 11) is 0. The van der Waals surface area contributed by atoms with Gasteiger partial charge in [-0.05, 0) is 97.7 Å². The van der Waals surface area contributed by atoms with Gasteiger partial charge in [0.1, 0.15) is 0 Å². The standard InChI is InChI=1S/C26H35ClO2/c1-25-11-9-19(28)15-18(25)7-8-20-21(25)10-12-26(2)22(20)14-17(24(26)29)13-16-5-3-4-6-23(16)27/h3-6,13,18-22,24,28-29H,7-12,14-15H2,1-2H3/b17-13+/t18-,19+,20-,21+,22+,24+,25+,26+/m1/s1. The molecule has 0 unspecified atom stereocenters. The van der Waals surface area contributed by atoms with Crippen molar-refractivity contribution < 1.29 is 10.2 Å². The lowest BCUT2D eigenvalue weighted by Gasteiger charge is -2.60. The molecule has 0 aliphatic heterocycles. The molecule has 0 saturated heterocycles. The third-order valence-electron chi connectivity index (χ3n) is 9.75. The molecule has 3 heteroatoms. The molecule has 0 radical (unpaired) electrons. The van der Waals surface area contributed by atoms with Crippen LogP contribution in [0.4, 0.5) is 0 Å². The second-order valence-corrected chi connectivity index (χ2v) is 11.4. The average molecular weight is 415 g/mol. The van der Waals surface area contributed by atoms with E-state index in [1.54, 1.807) is 0 Å². The highest BCUT2D eigenvalue weighted by atomic mass is 35.5. The van der Waals surface area contributed by atoms with Crippen LogP contribution in [0.2, 0.25) is 5.02 Å². The van der Waals surface area contributed by atoms with Gasteiger partial charge < -0.3 is 10.2 Å². The molecule has 158 valence electrons. The van der Waals surface area contributed by atoms with E-state index < -0.39 is 0 Å². The fraction of sp³-hybridized carbons (Fsp3) is 0.692. The molecule has 2 N–H and O–H groups in total. The normalized spacial score (nSPS) is 48.1. The lowest BCUT2D eigenvalue weighted by atomic mass is 9.45. The molecule has 0 amide bonds. The quantitative estimate of drug-likeness (QED) is 0.583. The lowest BCUT2D eigenvalue weighted by Crippen LogP contribution is -2.54. The van der Waals surface area contributed by atoms with E-state index in [9.17, 15) is 10.2 Å². The van der Waals surface area contributed by atoms with Crippen LogP contribution in [0, 0.1) is 34.5 Å². The number of aliphatic hydroxyl groups is 2. The highest BCUT2D eigenvalue weighted by Crippen LogP contribution is 2.67. The van der Waals surface area contributed by atoms with Gasteiger partial charge >= 0.3 is 0 Å². The van der Waals surface area contributed by atoms with Crippen molar-refractivity contribution in [2.45, 2.75) is 77.4 Å². The number of fused-ring (bicyclic) bond motifs is 5. The van der Waals surface area contributed by atoms with E-state index in [4.69, 9.17) is 11.6 Å². The van der Waals surface area contributed by atoms with E-state index in [0.717, 1.165) is 42.2 Å². The minimum atomic E-state index is -0.358. The Morgan fingerprint density at radius 1 is 0.966 bits per heavy atom. The van der Waals surface area contributed by atoms with Gasteiger partial charge in [0.2, 0.25) is 0 Å². The summed E-state index contributed by atoms with van der Waals surface area (Å²) in [6, 6.07) is 7.96. The van der Waals surface area contributed by atoms with Crippen molar-refractivity contribution in [2.75, 3.05) is 0 Å². The minimum Gasteiger partial charge on any atom is -0.393 e. The van der Waals surface area contributed by atoms with Crippen LogP contribution in [0.5, 0.6) is 0 Å². The Morgan fingerprint density at radius 3 is 2.52 bits per heavy atom. The predicted octanol–water partition coefficient (Wildman–Crippen LogP) is 6.10. The van der Waals surface area contributed by atoms with Crippen LogP contribution in [0.3, 0.4) is 0 Å². The maximum absolute atomic E-state index is 11.4. The first-order chi connectivity index (χ1) is 13.8. The number of rotatable bonds is 1. The molecule has 2 nitrogen and oxygen atoms in total. The van der Waals surface area contributed by atoms with Gasteiger partial charge in [0.15, 0.2) is 0 Å². The molecule has 29 heavy (non-hydrogen) atoms. The van der Waals surface area contributed by atoms with E-state index in [2.05, 4.69) is 26.0 Å². The van der Waals surface area contributed by atoms with E-state index in [-0.39, 0.29) is 17.6 Å². The molecule has 4 aliphatic rings. The highest BCUT2D eigenvalue weighted by Gasteiger charge is 2.61. The topological polar surface area (TPSA) is 40.5 Å². The molecule has 8 atom stereocenters. The molecule has 1 aromatic rings. The largest absolute Gasteiger partial charge is 0.393 e. The number of benzene rings is 1. The Hall–Kier alpha value is -0.830. The molecule has 5 rings (SSSR count). The van der Waals surface area contributed by atoms with Gasteiger partial charge in [0.25, 0.3) is 0 Å². The zero-order valence-electron chi connectivity index (χ0n) is 17.8. The first-order valence-electron chi connectivity index (χ1n) is 11.6. The van der Waals surface area contributed by atoms with E-state index >= 15 is 0 Å². The summed E-state index contributed by atoms with van der Waals surface area (Å²) in [5, 5.41) is 22.4. The molecular formula is C26H35ClO2. The van der Waals surface area contributed by atoms with Crippen LogP contribution in [-0.4, -0.2) is 22.4 Å². The van der Waals surface area contributed by atoms with Crippen LogP contribution >= 0.6 is 11.6 Å². The summed E-state index contributed by atoms with van der Waals surface area (Å²) in [5.74, 6) is 2.70. The second kappa shape index (κ2) is 7.11. The van der Waals surface area contributed by atoms with Gasteiger partial charge in [-0.3, -0.25) is 0 Å². The van der Waals surface area contributed by atoms with Crippen LogP contribution in [0.25, 0.3) is 6.08 Å². The summed E-state index contributed by atoms with van der Waals surface area (Å²) in [4.78, 5) is 0. The van der Waals surface area contributed by atoms with Crippen molar-refractivity contribution in [2.24, 2.45) is 34.5 Å². The van der Waals surface area contributed by atoms with Gasteiger partial charge in [-0.25, -0.2) is 0 Å². The minimum absolute atomic E-state index is 0.00830. The molecular weight excluding hydrogens is 380 g/mol. The second-order valence-electron chi connectivity index (χ2n) is 11.0. The van der Waals surface area contributed by atoms with Crippen LogP contribution in [0.15, 0.2) is 29.8 Å².